The average molecular weight is 559 g/mol. The normalized spacial score (nSPS) is 39.5. The molecule has 1 saturated heterocycles. The summed E-state index contributed by atoms with van der Waals surface area (Å²) in [5.41, 5.74) is 9.04. The van der Waals surface area contributed by atoms with Gasteiger partial charge in [0.1, 0.15) is 6.61 Å². The van der Waals surface area contributed by atoms with Crippen LogP contribution in [-0.4, -0.2) is 59.0 Å². The Labute approximate surface area is 244 Å². The second-order valence-corrected chi connectivity index (χ2v) is 14.1. The molecule has 0 bridgehead atoms. The van der Waals surface area contributed by atoms with E-state index in [0.717, 1.165) is 56.3 Å². The largest absolute Gasteiger partial charge is 0.393 e. The van der Waals surface area contributed by atoms with Crippen molar-refractivity contribution in [3.05, 3.63) is 71.3 Å². The number of carbonyl (C=O) groups is 2. The third kappa shape index (κ3) is 4.36. The SMILES string of the molecule is C=C(CCN)Cc1ccc(CN2C[C@@H]3CC4C5CCC6=CC(=O)C=CC6(C)C5C(O)CC4(C)C3(C(=O)CO)C2)cc1. The van der Waals surface area contributed by atoms with Gasteiger partial charge in [-0.2, -0.15) is 0 Å². The Hall–Kier alpha value is -2.38. The summed E-state index contributed by atoms with van der Waals surface area (Å²) in [6.07, 6.45) is 9.92. The van der Waals surface area contributed by atoms with Crippen LogP contribution >= 0.6 is 0 Å². The van der Waals surface area contributed by atoms with Gasteiger partial charge in [0.15, 0.2) is 11.6 Å². The van der Waals surface area contributed by atoms with Crippen LogP contribution in [0.1, 0.15) is 57.1 Å². The van der Waals surface area contributed by atoms with Gasteiger partial charge in [-0.3, -0.25) is 14.5 Å². The van der Waals surface area contributed by atoms with E-state index >= 15 is 0 Å². The molecule has 0 aromatic heterocycles. The van der Waals surface area contributed by atoms with Crippen LogP contribution in [0.4, 0.5) is 0 Å². The number of allylic oxidation sites excluding steroid dienone is 4. The molecule has 7 unspecified atom stereocenters. The molecule has 41 heavy (non-hydrogen) atoms. The van der Waals surface area contributed by atoms with E-state index in [1.54, 1.807) is 12.2 Å². The molecule has 6 nitrogen and oxygen atoms in total. The van der Waals surface area contributed by atoms with Gasteiger partial charge in [0.25, 0.3) is 0 Å². The van der Waals surface area contributed by atoms with Crippen LogP contribution < -0.4 is 5.73 Å². The monoisotopic (exact) mass is 558 g/mol. The topological polar surface area (TPSA) is 104 Å². The minimum atomic E-state index is -0.659. The van der Waals surface area contributed by atoms with Crippen molar-refractivity contribution in [1.29, 1.82) is 0 Å². The molecule has 1 aliphatic heterocycles. The van der Waals surface area contributed by atoms with E-state index in [-0.39, 0.29) is 40.2 Å². The Morgan fingerprint density at radius 3 is 2.63 bits per heavy atom. The summed E-state index contributed by atoms with van der Waals surface area (Å²) < 4.78 is 0. The molecule has 1 aromatic rings. The van der Waals surface area contributed by atoms with Crippen molar-refractivity contribution in [3.63, 3.8) is 0 Å². The van der Waals surface area contributed by atoms with Crippen molar-refractivity contribution in [2.45, 2.75) is 65.0 Å². The summed E-state index contributed by atoms with van der Waals surface area (Å²) in [4.78, 5) is 28.4. The lowest BCUT2D eigenvalue weighted by Gasteiger charge is -2.60. The van der Waals surface area contributed by atoms with Crippen LogP contribution in [0.15, 0.2) is 60.2 Å². The highest BCUT2D eigenvalue weighted by atomic mass is 16.3. The number of hydrogen-bond acceptors (Lipinski definition) is 6. The Bertz CT molecular complexity index is 1300. The molecule has 4 N–H and O–H groups in total. The molecular weight excluding hydrogens is 512 g/mol. The number of aliphatic hydroxyl groups excluding tert-OH is 2. The molecule has 6 rings (SSSR count). The molecule has 4 fully saturated rings. The number of ketones is 2. The van der Waals surface area contributed by atoms with E-state index in [0.29, 0.717) is 25.4 Å². The van der Waals surface area contributed by atoms with E-state index in [1.165, 1.54) is 11.1 Å². The van der Waals surface area contributed by atoms with Crippen molar-refractivity contribution >= 4 is 11.6 Å². The summed E-state index contributed by atoms with van der Waals surface area (Å²) in [7, 11) is 0. The van der Waals surface area contributed by atoms with Crippen LogP contribution in [0, 0.1) is 39.9 Å². The van der Waals surface area contributed by atoms with E-state index in [2.05, 4.69) is 49.6 Å². The Balaban J connectivity index is 1.25. The minimum absolute atomic E-state index is 0.0422. The van der Waals surface area contributed by atoms with Crippen molar-refractivity contribution in [2.24, 2.45) is 45.7 Å². The fourth-order valence-corrected chi connectivity index (χ4v) is 10.4. The van der Waals surface area contributed by atoms with E-state index in [1.807, 2.05) is 6.08 Å². The van der Waals surface area contributed by atoms with E-state index in [4.69, 9.17) is 5.73 Å². The maximum atomic E-state index is 13.8. The highest BCUT2D eigenvalue weighted by Crippen LogP contribution is 2.72. The Morgan fingerprint density at radius 1 is 1.20 bits per heavy atom. The predicted molar refractivity (Wildman–Crippen MR) is 160 cm³/mol. The molecule has 6 heteroatoms. The molecule has 0 radical (unpaired) electrons. The van der Waals surface area contributed by atoms with Gasteiger partial charge in [-0.25, -0.2) is 0 Å². The molecule has 8 atom stereocenters. The highest BCUT2D eigenvalue weighted by Gasteiger charge is 2.73. The second kappa shape index (κ2) is 10.4. The first-order valence-corrected chi connectivity index (χ1v) is 15.5. The number of likely N-dealkylation sites (tertiary alicyclic amines) is 1. The van der Waals surface area contributed by atoms with Crippen LogP contribution in [-0.2, 0) is 22.6 Å². The van der Waals surface area contributed by atoms with Crippen molar-refractivity contribution in [3.8, 4) is 0 Å². The van der Waals surface area contributed by atoms with Gasteiger partial charge in [0.05, 0.1) is 11.5 Å². The minimum Gasteiger partial charge on any atom is -0.393 e. The number of nitrogens with two attached hydrogens (primary N) is 1. The molecule has 1 heterocycles. The highest BCUT2D eigenvalue weighted by molar-refractivity contribution is 6.01. The lowest BCUT2D eigenvalue weighted by Crippen LogP contribution is -2.60. The number of benzene rings is 1. The maximum Gasteiger partial charge on any atom is 0.178 e. The standard InChI is InChI=1S/C35H46N2O4/c1-22(11-13-36)14-23-4-6-24(7-5-23)18-37-19-26-16-29-28-9-8-25-15-27(39)10-12-33(25,2)32(28)30(40)17-34(29,3)35(26,21-37)31(41)20-38/h4-7,10,12,15,26,28-30,32,38,40H,1,8-9,11,13-14,16-21,36H2,2-3H3/t26-,28?,29?,30?,32?,33?,34?,35?/m0/s1. The molecule has 0 spiro atoms. The summed E-state index contributed by atoms with van der Waals surface area (Å²) in [6, 6.07) is 8.68. The van der Waals surface area contributed by atoms with Crippen molar-refractivity contribution in [2.75, 3.05) is 26.2 Å². The number of Topliss-reactive ketones (excluding diaryl/α,β-unsaturated/α-hetero) is 1. The zero-order valence-corrected chi connectivity index (χ0v) is 24.6. The van der Waals surface area contributed by atoms with Crippen LogP contribution in [0.2, 0.25) is 0 Å². The molecule has 5 aliphatic rings. The summed E-state index contributed by atoms with van der Waals surface area (Å²) >= 11 is 0. The van der Waals surface area contributed by atoms with Crippen LogP contribution in [0.25, 0.3) is 0 Å². The fraction of sp³-hybridized carbons (Fsp3) is 0.600. The fourth-order valence-electron chi connectivity index (χ4n) is 10.4. The van der Waals surface area contributed by atoms with Gasteiger partial charge >= 0.3 is 0 Å². The van der Waals surface area contributed by atoms with Gasteiger partial charge in [-0.1, -0.05) is 61.9 Å². The van der Waals surface area contributed by atoms with Gasteiger partial charge < -0.3 is 15.9 Å². The van der Waals surface area contributed by atoms with Crippen molar-refractivity contribution < 1.29 is 19.8 Å². The first kappa shape index (κ1) is 28.7. The van der Waals surface area contributed by atoms with Gasteiger partial charge in [-0.05, 0) is 91.5 Å². The third-order valence-corrected chi connectivity index (χ3v) is 12.1. The molecule has 1 aromatic carbocycles. The van der Waals surface area contributed by atoms with Gasteiger partial charge in [-0.15, -0.1) is 0 Å². The summed E-state index contributed by atoms with van der Waals surface area (Å²) in [5.74, 6) is 0.785. The second-order valence-electron chi connectivity index (χ2n) is 14.1. The van der Waals surface area contributed by atoms with Gasteiger partial charge in [0.2, 0.25) is 0 Å². The third-order valence-electron chi connectivity index (χ3n) is 12.1. The zero-order chi connectivity index (χ0) is 29.2. The van der Waals surface area contributed by atoms with Crippen LogP contribution in [0.5, 0.6) is 0 Å². The lowest BCUT2D eigenvalue weighted by atomic mass is 9.44. The van der Waals surface area contributed by atoms with E-state index in [9.17, 15) is 19.8 Å². The Morgan fingerprint density at radius 2 is 1.93 bits per heavy atom. The summed E-state index contributed by atoms with van der Waals surface area (Å²) in [5, 5.41) is 22.1. The molecule has 3 saturated carbocycles. The maximum absolute atomic E-state index is 13.8. The predicted octanol–water partition coefficient (Wildman–Crippen LogP) is 4.00. The summed E-state index contributed by atoms with van der Waals surface area (Å²) in [6.45, 7) is 11.0. The van der Waals surface area contributed by atoms with Gasteiger partial charge in [0, 0.05) is 31.0 Å². The number of aliphatic hydroxyl groups is 2. The lowest BCUT2D eigenvalue weighted by molar-refractivity contribution is -0.159. The average Bonchev–Trinajstić information content (AvgIpc) is 3.41. The Kier molecular flexibility index (Phi) is 7.29. The molecule has 220 valence electrons. The number of fused-ring (bicyclic) bond motifs is 7. The van der Waals surface area contributed by atoms with E-state index < -0.39 is 18.1 Å². The first-order chi connectivity index (χ1) is 19.6. The van der Waals surface area contributed by atoms with Crippen molar-refractivity contribution in [1.82, 2.24) is 4.90 Å². The smallest absolute Gasteiger partial charge is 0.178 e. The quantitative estimate of drug-likeness (QED) is 0.417. The number of hydrogen-bond donors (Lipinski definition) is 3. The molecule has 4 aliphatic carbocycles. The zero-order valence-electron chi connectivity index (χ0n) is 24.6. The number of rotatable bonds is 8. The molecule has 0 amide bonds. The number of nitrogens with zero attached hydrogens (tertiary/aromatic N) is 1. The number of carbonyl (C=O) groups excluding carboxylic acids is 2. The molecular formula is C35H46N2O4. The first-order valence-electron chi connectivity index (χ1n) is 15.5. The van der Waals surface area contributed by atoms with Crippen LogP contribution in [0.3, 0.4) is 0 Å².